The number of aromatic nitrogens is 2. The van der Waals surface area contributed by atoms with Gasteiger partial charge in [0.2, 0.25) is 5.01 Å². The number of para-hydroxylation sites is 1. The molecular formula is C15H18BrN3O2S. The van der Waals surface area contributed by atoms with Gasteiger partial charge in [0, 0.05) is 5.92 Å². The second kappa shape index (κ2) is 7.69. The van der Waals surface area contributed by atoms with E-state index in [1.807, 2.05) is 45.0 Å². The van der Waals surface area contributed by atoms with Crippen LogP contribution in [0.15, 0.2) is 28.7 Å². The lowest BCUT2D eigenvalue weighted by molar-refractivity contribution is 0.0931. The van der Waals surface area contributed by atoms with Crippen LogP contribution < -0.4 is 10.1 Å². The summed E-state index contributed by atoms with van der Waals surface area (Å²) in [5, 5.41) is 12.0. The highest BCUT2D eigenvalue weighted by atomic mass is 79.9. The average molecular weight is 384 g/mol. The lowest BCUT2D eigenvalue weighted by Gasteiger charge is -2.16. The molecule has 0 aliphatic carbocycles. The summed E-state index contributed by atoms with van der Waals surface area (Å²) in [5.41, 5.74) is 0. The van der Waals surface area contributed by atoms with Crippen molar-refractivity contribution in [3.8, 4) is 5.75 Å². The normalized spacial score (nSPS) is 12.2. The van der Waals surface area contributed by atoms with E-state index in [4.69, 9.17) is 4.74 Å². The molecule has 0 spiro atoms. The van der Waals surface area contributed by atoms with Crippen LogP contribution in [-0.2, 0) is 0 Å². The number of halogens is 1. The minimum atomic E-state index is -0.216. The number of hydrogen-bond donors (Lipinski definition) is 1. The second-order valence-electron chi connectivity index (χ2n) is 5.17. The fraction of sp³-hybridized carbons (Fsp3) is 0.400. The molecule has 1 aromatic carbocycles. The summed E-state index contributed by atoms with van der Waals surface area (Å²) >= 11 is 4.75. The molecule has 1 unspecified atom stereocenters. The molecule has 2 rings (SSSR count). The first-order valence-electron chi connectivity index (χ1n) is 7.00. The molecule has 0 saturated heterocycles. The van der Waals surface area contributed by atoms with E-state index >= 15 is 0 Å². The zero-order chi connectivity index (χ0) is 16.1. The van der Waals surface area contributed by atoms with E-state index < -0.39 is 0 Å². The molecule has 0 aliphatic rings. The standard InChI is InChI=1S/C15H18BrN3O2S/c1-9(2)14-18-19-15(22-14)13(20)17-8-10(3)21-12-7-5-4-6-11(12)16/h4-7,9-10H,8H2,1-3H3,(H,17,20). The summed E-state index contributed by atoms with van der Waals surface area (Å²) < 4.78 is 6.67. The van der Waals surface area contributed by atoms with Gasteiger partial charge >= 0.3 is 0 Å². The molecule has 1 aromatic heterocycles. The number of nitrogens with zero attached hydrogens (tertiary/aromatic N) is 2. The van der Waals surface area contributed by atoms with Crippen LogP contribution in [0.5, 0.6) is 5.75 Å². The van der Waals surface area contributed by atoms with Crippen LogP contribution in [0.1, 0.15) is 41.5 Å². The average Bonchev–Trinajstić information content (AvgIpc) is 2.97. The van der Waals surface area contributed by atoms with Crippen molar-refractivity contribution in [2.45, 2.75) is 32.8 Å². The van der Waals surface area contributed by atoms with Crippen molar-refractivity contribution in [1.82, 2.24) is 15.5 Å². The third kappa shape index (κ3) is 4.51. The Bertz CT molecular complexity index is 645. The van der Waals surface area contributed by atoms with Gasteiger partial charge < -0.3 is 10.1 Å². The first kappa shape index (κ1) is 16.9. The quantitative estimate of drug-likeness (QED) is 0.826. The summed E-state index contributed by atoms with van der Waals surface area (Å²) in [7, 11) is 0. The zero-order valence-corrected chi connectivity index (χ0v) is 15.1. The molecule has 118 valence electrons. The Kier molecular flexibility index (Phi) is 5.90. The number of carbonyl (C=O) groups excluding carboxylic acids is 1. The SMILES string of the molecule is CC(CNC(=O)c1nnc(C(C)C)s1)Oc1ccccc1Br. The Labute approximate surface area is 142 Å². The van der Waals surface area contributed by atoms with Crippen LogP contribution in [0.25, 0.3) is 0 Å². The van der Waals surface area contributed by atoms with E-state index in [0.29, 0.717) is 11.6 Å². The Morgan fingerprint density at radius 1 is 1.32 bits per heavy atom. The van der Waals surface area contributed by atoms with Crippen LogP contribution in [0.2, 0.25) is 0 Å². The van der Waals surface area contributed by atoms with E-state index in [1.54, 1.807) is 0 Å². The molecule has 0 radical (unpaired) electrons. The van der Waals surface area contributed by atoms with Gasteiger partial charge in [-0.05, 0) is 35.0 Å². The Morgan fingerprint density at radius 3 is 2.68 bits per heavy atom. The molecule has 5 nitrogen and oxygen atoms in total. The summed E-state index contributed by atoms with van der Waals surface area (Å²) in [4.78, 5) is 12.0. The van der Waals surface area contributed by atoms with Gasteiger partial charge in [-0.15, -0.1) is 10.2 Å². The summed E-state index contributed by atoms with van der Waals surface area (Å²) in [6.45, 7) is 6.35. The lowest BCUT2D eigenvalue weighted by atomic mass is 10.2. The van der Waals surface area contributed by atoms with Crippen molar-refractivity contribution in [1.29, 1.82) is 0 Å². The molecule has 0 aliphatic heterocycles. The maximum atomic E-state index is 12.0. The van der Waals surface area contributed by atoms with Gasteiger partial charge in [-0.1, -0.05) is 37.3 Å². The molecule has 7 heteroatoms. The molecule has 0 bridgehead atoms. The van der Waals surface area contributed by atoms with Crippen molar-refractivity contribution in [3.05, 3.63) is 38.8 Å². The van der Waals surface area contributed by atoms with E-state index in [0.717, 1.165) is 15.2 Å². The number of ether oxygens (including phenoxy) is 1. The summed E-state index contributed by atoms with van der Waals surface area (Å²) in [5.74, 6) is 0.811. The summed E-state index contributed by atoms with van der Waals surface area (Å²) in [6.07, 6.45) is -0.153. The number of rotatable bonds is 6. The van der Waals surface area contributed by atoms with Crippen molar-refractivity contribution in [3.63, 3.8) is 0 Å². The van der Waals surface area contributed by atoms with E-state index in [9.17, 15) is 4.79 Å². The molecule has 1 heterocycles. The zero-order valence-electron chi connectivity index (χ0n) is 12.7. The van der Waals surface area contributed by atoms with Crippen LogP contribution in [-0.4, -0.2) is 28.8 Å². The number of amides is 1. The van der Waals surface area contributed by atoms with E-state index in [-0.39, 0.29) is 17.9 Å². The third-order valence-electron chi connectivity index (χ3n) is 2.84. The maximum absolute atomic E-state index is 12.0. The molecule has 2 aromatic rings. The van der Waals surface area contributed by atoms with Crippen molar-refractivity contribution in [2.24, 2.45) is 0 Å². The molecule has 1 N–H and O–H groups in total. The lowest BCUT2D eigenvalue weighted by Crippen LogP contribution is -2.33. The highest BCUT2D eigenvalue weighted by molar-refractivity contribution is 9.10. The topological polar surface area (TPSA) is 64.1 Å². The van der Waals surface area contributed by atoms with Gasteiger partial charge in [0.15, 0.2) is 0 Å². The number of nitrogens with one attached hydrogen (secondary N) is 1. The fourth-order valence-electron chi connectivity index (χ4n) is 1.67. The van der Waals surface area contributed by atoms with Gasteiger partial charge in [0.05, 0.1) is 11.0 Å². The fourth-order valence-corrected chi connectivity index (χ4v) is 2.81. The minimum Gasteiger partial charge on any atom is -0.488 e. The third-order valence-corrected chi connectivity index (χ3v) is 4.72. The Morgan fingerprint density at radius 2 is 2.05 bits per heavy atom. The molecule has 1 amide bonds. The van der Waals surface area contributed by atoms with Crippen LogP contribution in [0, 0.1) is 0 Å². The Hall–Kier alpha value is -1.47. The van der Waals surface area contributed by atoms with E-state index in [2.05, 4.69) is 31.4 Å². The second-order valence-corrected chi connectivity index (χ2v) is 7.03. The van der Waals surface area contributed by atoms with E-state index in [1.165, 1.54) is 11.3 Å². The molecule has 0 saturated carbocycles. The van der Waals surface area contributed by atoms with Crippen molar-refractivity contribution in [2.75, 3.05) is 6.54 Å². The first-order chi connectivity index (χ1) is 10.5. The smallest absolute Gasteiger partial charge is 0.282 e. The highest BCUT2D eigenvalue weighted by Gasteiger charge is 2.15. The first-order valence-corrected chi connectivity index (χ1v) is 8.61. The van der Waals surface area contributed by atoms with Gasteiger partial charge in [-0.25, -0.2) is 0 Å². The molecular weight excluding hydrogens is 366 g/mol. The van der Waals surface area contributed by atoms with Crippen LogP contribution >= 0.6 is 27.3 Å². The number of benzene rings is 1. The molecule has 0 fully saturated rings. The predicted molar refractivity (Wildman–Crippen MR) is 90.6 cm³/mol. The monoisotopic (exact) mass is 383 g/mol. The van der Waals surface area contributed by atoms with Crippen molar-refractivity contribution >= 4 is 33.2 Å². The van der Waals surface area contributed by atoms with Crippen LogP contribution in [0.4, 0.5) is 0 Å². The van der Waals surface area contributed by atoms with Gasteiger partial charge in [0.25, 0.3) is 5.91 Å². The summed E-state index contributed by atoms with van der Waals surface area (Å²) in [6, 6.07) is 7.61. The van der Waals surface area contributed by atoms with Crippen LogP contribution in [0.3, 0.4) is 0 Å². The predicted octanol–water partition coefficient (Wildman–Crippen LogP) is 3.62. The van der Waals surface area contributed by atoms with Gasteiger partial charge in [0.1, 0.15) is 16.9 Å². The Balaban J connectivity index is 1.86. The molecule has 1 atom stereocenters. The highest BCUT2D eigenvalue weighted by Crippen LogP contribution is 2.24. The maximum Gasteiger partial charge on any atom is 0.282 e. The van der Waals surface area contributed by atoms with Crippen molar-refractivity contribution < 1.29 is 9.53 Å². The number of carbonyl (C=O) groups is 1. The molecule has 22 heavy (non-hydrogen) atoms. The largest absolute Gasteiger partial charge is 0.488 e. The minimum absolute atomic E-state index is 0.153. The van der Waals surface area contributed by atoms with Gasteiger partial charge in [-0.2, -0.15) is 0 Å². The number of hydrogen-bond acceptors (Lipinski definition) is 5. The van der Waals surface area contributed by atoms with Gasteiger partial charge in [-0.3, -0.25) is 4.79 Å².